The first-order valence-electron chi connectivity index (χ1n) is 20.8. The lowest BCUT2D eigenvalue weighted by atomic mass is 9.90. The molecule has 0 aromatic carbocycles. The van der Waals surface area contributed by atoms with E-state index in [9.17, 15) is 5.11 Å². The predicted octanol–water partition coefficient (Wildman–Crippen LogP) is 13.2. The predicted molar refractivity (Wildman–Crippen MR) is 220 cm³/mol. The summed E-state index contributed by atoms with van der Waals surface area (Å²) in [6, 6.07) is 0.401. The molecule has 0 aliphatic carbocycles. The Labute approximate surface area is 340 Å². The Hall–Kier alpha value is -1.26. The number of unbranched alkanes of at least 4 members (excludes halogenated alkanes) is 13. The highest BCUT2D eigenvalue weighted by atomic mass is 35.5. The molecule has 0 spiro atoms. The molecule has 0 radical (unpaired) electrons. The Bertz CT molecular complexity index is 1150. The number of hydrogen-bond acceptors (Lipinski definition) is 9. The van der Waals surface area contributed by atoms with Crippen LogP contribution in [0.3, 0.4) is 0 Å². The molecular weight excluding hydrogens is 754 g/mol. The van der Waals surface area contributed by atoms with Crippen molar-refractivity contribution in [3.05, 3.63) is 21.1 Å². The van der Waals surface area contributed by atoms with Crippen LogP contribution < -0.4 is 9.47 Å². The van der Waals surface area contributed by atoms with E-state index in [-0.39, 0.29) is 33.2 Å². The van der Waals surface area contributed by atoms with Crippen molar-refractivity contribution in [2.45, 2.75) is 181 Å². The minimum Gasteiger partial charge on any atom is -0.463 e. The van der Waals surface area contributed by atoms with Crippen LogP contribution in [0.5, 0.6) is 12.0 Å². The summed E-state index contributed by atoms with van der Waals surface area (Å²) in [7, 11) is 0. The van der Waals surface area contributed by atoms with E-state index < -0.39 is 0 Å². The average Bonchev–Trinajstić information content (AvgIpc) is 3.11. The molecule has 3 unspecified atom stereocenters. The summed E-state index contributed by atoms with van der Waals surface area (Å²) in [5.41, 5.74) is 0. The van der Waals surface area contributed by atoms with Gasteiger partial charge in [0.15, 0.2) is 0 Å². The van der Waals surface area contributed by atoms with Crippen molar-refractivity contribution in [2.75, 3.05) is 19.8 Å². The quantitative estimate of drug-likeness (QED) is 0.0678. The van der Waals surface area contributed by atoms with Gasteiger partial charge in [-0.3, -0.25) is 0 Å². The smallest absolute Gasteiger partial charge is 0.322 e. The van der Waals surface area contributed by atoms with E-state index in [1.54, 1.807) is 0 Å². The van der Waals surface area contributed by atoms with Crippen LogP contribution in [0, 0.1) is 17.8 Å². The molecule has 2 heterocycles. The second-order valence-electron chi connectivity index (χ2n) is 14.7. The maximum Gasteiger partial charge on any atom is 0.322 e. The number of aliphatic hydroxyl groups excluding tert-OH is 1. The van der Waals surface area contributed by atoms with Crippen molar-refractivity contribution in [1.29, 1.82) is 0 Å². The van der Waals surface area contributed by atoms with E-state index in [1.807, 2.05) is 0 Å². The first kappa shape index (κ1) is 47.9. The minimum absolute atomic E-state index is 0.0541. The van der Waals surface area contributed by atoms with E-state index in [4.69, 9.17) is 55.9 Å². The molecule has 0 aliphatic heterocycles. The molecule has 304 valence electrons. The van der Waals surface area contributed by atoms with E-state index in [2.05, 4.69) is 43.8 Å². The molecule has 0 amide bonds. The summed E-state index contributed by atoms with van der Waals surface area (Å²) in [6.07, 6.45) is 32.1. The maximum absolute atomic E-state index is 9.70. The van der Waals surface area contributed by atoms with Gasteiger partial charge in [-0.2, -0.15) is 29.9 Å². The normalized spacial score (nSPS) is 13.3. The van der Waals surface area contributed by atoms with Crippen LogP contribution in [-0.4, -0.2) is 54.8 Å². The number of rotatable bonds is 35. The van der Waals surface area contributed by atoms with Crippen LogP contribution in [-0.2, 0) is 0 Å². The largest absolute Gasteiger partial charge is 0.463 e. The third kappa shape index (κ3) is 25.5. The number of nitrogens with zero attached hydrogens (tertiary/aromatic N) is 6. The molecule has 0 aliphatic rings. The Morgan fingerprint density at radius 1 is 0.396 bits per heavy atom. The van der Waals surface area contributed by atoms with Gasteiger partial charge in [0.2, 0.25) is 21.1 Å². The standard InChI is InChI=1S/C40H68Cl4N6O3/c1-3-5-7-15-23-34(28-31-53-40-49-37(43)46-38(44)50-40)25-19-13-9-11-17-22-32(26-29-51)21-16-10-8-12-18-24-33(20-14-6-4-2)27-30-52-39-47-35(41)45-36(42)48-39/h32-34,51H,3-31H2,1-2H3. The number of aliphatic hydroxyl groups is 1. The lowest BCUT2D eigenvalue weighted by Gasteiger charge is -2.18. The summed E-state index contributed by atoms with van der Waals surface area (Å²) in [5.74, 6) is 1.95. The zero-order valence-corrected chi connectivity index (χ0v) is 35.7. The molecule has 0 fully saturated rings. The fourth-order valence-corrected chi connectivity index (χ4v) is 7.89. The topological polar surface area (TPSA) is 116 Å². The van der Waals surface area contributed by atoms with Gasteiger partial charge in [-0.05, 0) is 83.4 Å². The fraction of sp³-hybridized carbons (Fsp3) is 0.850. The molecule has 1 N–H and O–H groups in total. The molecule has 3 atom stereocenters. The van der Waals surface area contributed by atoms with Crippen molar-refractivity contribution < 1.29 is 14.6 Å². The van der Waals surface area contributed by atoms with Gasteiger partial charge >= 0.3 is 12.0 Å². The molecule has 2 aromatic heterocycles. The van der Waals surface area contributed by atoms with Crippen molar-refractivity contribution >= 4 is 46.4 Å². The van der Waals surface area contributed by atoms with Crippen LogP contribution in [0.1, 0.15) is 181 Å². The van der Waals surface area contributed by atoms with Gasteiger partial charge < -0.3 is 14.6 Å². The zero-order valence-electron chi connectivity index (χ0n) is 32.7. The Morgan fingerprint density at radius 2 is 0.679 bits per heavy atom. The average molecular weight is 823 g/mol. The summed E-state index contributed by atoms with van der Waals surface area (Å²) >= 11 is 23.5. The molecule has 2 rings (SSSR count). The highest BCUT2D eigenvalue weighted by molar-refractivity contribution is 6.31. The lowest BCUT2D eigenvalue weighted by Crippen LogP contribution is -2.09. The van der Waals surface area contributed by atoms with E-state index in [1.165, 1.54) is 148 Å². The van der Waals surface area contributed by atoms with Crippen LogP contribution in [0.15, 0.2) is 0 Å². The zero-order chi connectivity index (χ0) is 38.4. The second-order valence-corrected chi connectivity index (χ2v) is 16.1. The van der Waals surface area contributed by atoms with E-state index in [0.717, 1.165) is 19.3 Å². The molecule has 2 aromatic rings. The molecule has 53 heavy (non-hydrogen) atoms. The Morgan fingerprint density at radius 3 is 1.02 bits per heavy atom. The number of hydrogen-bond donors (Lipinski definition) is 1. The Balaban J connectivity index is 1.57. The molecule has 0 saturated heterocycles. The third-order valence-corrected chi connectivity index (χ3v) is 11.0. The minimum atomic E-state index is 0.0541. The summed E-state index contributed by atoms with van der Waals surface area (Å²) < 4.78 is 11.5. The monoisotopic (exact) mass is 820 g/mol. The van der Waals surface area contributed by atoms with Crippen molar-refractivity contribution in [3.8, 4) is 12.0 Å². The van der Waals surface area contributed by atoms with Crippen LogP contribution >= 0.6 is 46.4 Å². The number of halogens is 4. The van der Waals surface area contributed by atoms with E-state index in [0.29, 0.717) is 37.6 Å². The Kier molecular flexibility index (Phi) is 28.8. The van der Waals surface area contributed by atoms with Gasteiger partial charge in [0.05, 0.1) is 13.2 Å². The van der Waals surface area contributed by atoms with Crippen molar-refractivity contribution in [1.82, 2.24) is 29.9 Å². The number of aromatic nitrogens is 6. The number of ether oxygens (including phenoxy) is 2. The molecule has 0 saturated carbocycles. The van der Waals surface area contributed by atoms with Crippen LogP contribution in [0.4, 0.5) is 0 Å². The summed E-state index contributed by atoms with van der Waals surface area (Å²) in [6.45, 7) is 5.94. The first-order chi connectivity index (χ1) is 25.8. The van der Waals surface area contributed by atoms with E-state index >= 15 is 0 Å². The van der Waals surface area contributed by atoms with Crippen LogP contribution in [0.2, 0.25) is 21.1 Å². The molecule has 0 bridgehead atoms. The molecule has 9 nitrogen and oxygen atoms in total. The van der Waals surface area contributed by atoms with Gasteiger partial charge in [-0.15, -0.1) is 0 Å². The van der Waals surface area contributed by atoms with Crippen molar-refractivity contribution in [2.24, 2.45) is 17.8 Å². The highest BCUT2D eigenvalue weighted by Gasteiger charge is 2.13. The first-order valence-corrected chi connectivity index (χ1v) is 22.3. The molecule has 13 heteroatoms. The molecular formula is C40H68Cl4N6O3. The van der Waals surface area contributed by atoms with Gasteiger partial charge in [-0.25, -0.2) is 0 Å². The van der Waals surface area contributed by atoms with Gasteiger partial charge in [0, 0.05) is 6.61 Å². The van der Waals surface area contributed by atoms with Crippen LogP contribution in [0.25, 0.3) is 0 Å². The van der Waals surface area contributed by atoms with Crippen molar-refractivity contribution in [3.63, 3.8) is 0 Å². The fourth-order valence-electron chi connectivity index (χ4n) is 7.20. The second kappa shape index (κ2) is 31.9. The highest BCUT2D eigenvalue weighted by Crippen LogP contribution is 2.26. The SMILES string of the molecule is CCCCCCC(CCCCCCCC(CCO)CCCCCCCC(CCCCC)CCOc1nc(Cl)nc(Cl)n1)CCOc1nc(Cl)nc(Cl)n1. The summed E-state index contributed by atoms with van der Waals surface area (Å²) in [4.78, 5) is 23.6. The maximum atomic E-state index is 9.70. The summed E-state index contributed by atoms with van der Waals surface area (Å²) in [5, 5.41) is 9.91. The van der Waals surface area contributed by atoms with Gasteiger partial charge in [0.25, 0.3) is 0 Å². The van der Waals surface area contributed by atoms with Gasteiger partial charge in [0.1, 0.15) is 0 Å². The third-order valence-electron chi connectivity index (χ3n) is 10.3. The lowest BCUT2D eigenvalue weighted by molar-refractivity contribution is 0.240. The van der Waals surface area contributed by atoms with Gasteiger partial charge in [-0.1, -0.05) is 162 Å².